The van der Waals surface area contributed by atoms with Crippen molar-refractivity contribution in [1.82, 2.24) is 15.3 Å². The maximum atomic E-state index is 11.8. The number of nitrogens with zero attached hydrogens (tertiary/aromatic N) is 2. The highest BCUT2D eigenvalue weighted by Gasteiger charge is 2.23. The average molecular weight is 197 g/mol. The van der Waals surface area contributed by atoms with Crippen molar-refractivity contribution < 1.29 is 4.21 Å². The zero-order valence-corrected chi connectivity index (χ0v) is 7.96. The minimum Gasteiger partial charge on any atom is -0.315 e. The average Bonchev–Trinajstić information content (AvgIpc) is 2.71. The van der Waals surface area contributed by atoms with E-state index in [2.05, 4.69) is 15.3 Å². The van der Waals surface area contributed by atoms with Crippen molar-refractivity contribution in [2.24, 2.45) is 0 Å². The molecule has 2 heterocycles. The number of rotatable bonds is 2. The molecule has 0 bridgehead atoms. The Hall–Kier alpha value is -0.810. The molecule has 1 aliphatic rings. The first kappa shape index (κ1) is 8.77. The van der Waals surface area contributed by atoms with Crippen molar-refractivity contribution in [3.05, 3.63) is 18.5 Å². The highest BCUT2D eigenvalue weighted by molar-refractivity contribution is 7.85. The van der Waals surface area contributed by atoms with Gasteiger partial charge in [0, 0.05) is 18.9 Å². The van der Waals surface area contributed by atoms with Gasteiger partial charge in [0.2, 0.25) is 5.16 Å². The third kappa shape index (κ3) is 1.92. The second kappa shape index (κ2) is 3.93. The number of hydrogen-bond acceptors (Lipinski definition) is 4. The summed E-state index contributed by atoms with van der Waals surface area (Å²) in [6.45, 7) is 1.76. The maximum Gasteiger partial charge on any atom is 0.218 e. The molecule has 70 valence electrons. The van der Waals surface area contributed by atoms with Gasteiger partial charge in [-0.25, -0.2) is 9.97 Å². The molecule has 0 aromatic carbocycles. The van der Waals surface area contributed by atoms with Gasteiger partial charge in [0.1, 0.15) is 0 Å². The van der Waals surface area contributed by atoms with E-state index in [4.69, 9.17) is 0 Å². The smallest absolute Gasteiger partial charge is 0.218 e. The fourth-order valence-corrected chi connectivity index (χ4v) is 2.58. The van der Waals surface area contributed by atoms with Gasteiger partial charge >= 0.3 is 0 Å². The third-order valence-corrected chi connectivity index (χ3v) is 3.62. The largest absolute Gasteiger partial charge is 0.315 e. The van der Waals surface area contributed by atoms with Gasteiger partial charge in [-0.05, 0) is 19.0 Å². The fraction of sp³-hybridized carbons (Fsp3) is 0.500. The minimum atomic E-state index is -1.04. The number of nitrogens with one attached hydrogen (secondary N) is 1. The quantitative estimate of drug-likeness (QED) is 0.675. The van der Waals surface area contributed by atoms with Gasteiger partial charge in [0.25, 0.3) is 0 Å². The first-order valence-corrected chi connectivity index (χ1v) is 5.47. The molecule has 0 spiro atoms. The Labute approximate surface area is 79.2 Å². The molecule has 1 aliphatic heterocycles. The zero-order chi connectivity index (χ0) is 9.10. The van der Waals surface area contributed by atoms with Crippen LogP contribution in [0.5, 0.6) is 0 Å². The fourth-order valence-electron chi connectivity index (χ4n) is 1.35. The van der Waals surface area contributed by atoms with Crippen LogP contribution >= 0.6 is 0 Å². The summed E-state index contributed by atoms with van der Waals surface area (Å²) in [5, 5.41) is 3.81. The third-order valence-electron chi connectivity index (χ3n) is 2.04. The summed E-state index contributed by atoms with van der Waals surface area (Å²) in [4.78, 5) is 7.97. The van der Waals surface area contributed by atoms with Crippen LogP contribution in [0.4, 0.5) is 0 Å². The molecule has 1 N–H and O–H groups in total. The molecule has 1 aromatic heterocycles. The van der Waals surface area contributed by atoms with E-state index in [0.717, 1.165) is 19.5 Å². The van der Waals surface area contributed by atoms with E-state index < -0.39 is 10.8 Å². The van der Waals surface area contributed by atoms with Crippen molar-refractivity contribution in [2.75, 3.05) is 13.1 Å². The highest BCUT2D eigenvalue weighted by Crippen LogP contribution is 2.11. The molecule has 0 saturated carbocycles. The lowest BCUT2D eigenvalue weighted by atomic mass is 10.4. The lowest BCUT2D eigenvalue weighted by Gasteiger charge is -2.05. The molecule has 1 fully saturated rings. The predicted molar refractivity (Wildman–Crippen MR) is 49.7 cm³/mol. The summed E-state index contributed by atoms with van der Waals surface area (Å²) in [5.41, 5.74) is 0. The van der Waals surface area contributed by atoms with E-state index in [-0.39, 0.29) is 5.25 Å². The lowest BCUT2D eigenvalue weighted by molar-refractivity contribution is 0.664. The molecular weight excluding hydrogens is 186 g/mol. The second-order valence-corrected chi connectivity index (χ2v) is 4.57. The van der Waals surface area contributed by atoms with Crippen LogP contribution < -0.4 is 5.32 Å². The summed E-state index contributed by atoms with van der Waals surface area (Å²) in [6, 6.07) is 1.73. The van der Waals surface area contributed by atoms with Gasteiger partial charge in [-0.15, -0.1) is 0 Å². The molecule has 2 atom stereocenters. The van der Waals surface area contributed by atoms with Crippen LogP contribution in [-0.2, 0) is 10.8 Å². The predicted octanol–water partition coefficient (Wildman–Crippen LogP) is -0.0539. The monoisotopic (exact) mass is 197 g/mol. The molecule has 0 aliphatic carbocycles. The maximum absolute atomic E-state index is 11.8. The van der Waals surface area contributed by atoms with Crippen LogP contribution in [0.2, 0.25) is 0 Å². The molecule has 0 unspecified atom stereocenters. The van der Waals surface area contributed by atoms with Crippen LogP contribution in [-0.4, -0.2) is 32.5 Å². The Balaban J connectivity index is 2.13. The molecule has 0 amide bonds. The van der Waals surface area contributed by atoms with Gasteiger partial charge in [0.15, 0.2) is 0 Å². The summed E-state index contributed by atoms with van der Waals surface area (Å²) in [6.07, 6.45) is 4.20. The first-order valence-electron chi connectivity index (χ1n) is 4.26. The lowest BCUT2D eigenvalue weighted by Crippen LogP contribution is -2.20. The Kier molecular flexibility index (Phi) is 2.65. The van der Waals surface area contributed by atoms with Crippen molar-refractivity contribution in [3.8, 4) is 0 Å². The summed E-state index contributed by atoms with van der Waals surface area (Å²) in [7, 11) is -1.04. The minimum absolute atomic E-state index is 0.183. The molecule has 1 aromatic rings. The Morgan fingerprint density at radius 2 is 2.23 bits per heavy atom. The van der Waals surface area contributed by atoms with E-state index in [1.54, 1.807) is 18.5 Å². The van der Waals surface area contributed by atoms with Gasteiger partial charge < -0.3 is 5.32 Å². The summed E-state index contributed by atoms with van der Waals surface area (Å²) >= 11 is 0. The van der Waals surface area contributed by atoms with Crippen molar-refractivity contribution >= 4 is 10.8 Å². The van der Waals surface area contributed by atoms with Crippen LogP contribution in [0.25, 0.3) is 0 Å². The zero-order valence-electron chi connectivity index (χ0n) is 7.14. The second-order valence-electron chi connectivity index (χ2n) is 2.94. The van der Waals surface area contributed by atoms with E-state index in [1.807, 2.05) is 0 Å². The Bertz CT molecular complexity index is 298. The standard InChI is InChI=1S/C8H11N3OS/c12-13(7-2-5-9-6-7)8-10-3-1-4-11-8/h1,3-4,7,9H,2,5-6H2/t7-,13+/m0/s1. The van der Waals surface area contributed by atoms with Crippen molar-refractivity contribution in [3.63, 3.8) is 0 Å². The molecule has 2 rings (SSSR count). The van der Waals surface area contributed by atoms with E-state index >= 15 is 0 Å². The Morgan fingerprint density at radius 3 is 2.85 bits per heavy atom. The van der Waals surface area contributed by atoms with Gasteiger partial charge in [-0.3, -0.25) is 4.21 Å². The summed E-state index contributed by atoms with van der Waals surface area (Å²) < 4.78 is 11.8. The van der Waals surface area contributed by atoms with Crippen LogP contribution in [0, 0.1) is 0 Å². The van der Waals surface area contributed by atoms with Gasteiger partial charge in [-0.2, -0.15) is 0 Å². The van der Waals surface area contributed by atoms with Gasteiger partial charge in [0.05, 0.1) is 16.0 Å². The topological polar surface area (TPSA) is 54.9 Å². The molecule has 1 saturated heterocycles. The van der Waals surface area contributed by atoms with E-state index in [1.165, 1.54) is 0 Å². The normalized spacial score (nSPS) is 24.5. The van der Waals surface area contributed by atoms with E-state index in [9.17, 15) is 4.21 Å². The molecule has 0 radical (unpaired) electrons. The van der Waals surface area contributed by atoms with E-state index in [0.29, 0.717) is 5.16 Å². The summed E-state index contributed by atoms with van der Waals surface area (Å²) in [5.74, 6) is 0. The molecular formula is C8H11N3OS. The van der Waals surface area contributed by atoms with Crippen LogP contribution in [0.1, 0.15) is 6.42 Å². The van der Waals surface area contributed by atoms with Crippen molar-refractivity contribution in [1.29, 1.82) is 0 Å². The SMILES string of the molecule is O=[S@@](c1ncccn1)[C@H]1CCNC1. The molecule has 5 heteroatoms. The molecule has 13 heavy (non-hydrogen) atoms. The Morgan fingerprint density at radius 1 is 1.46 bits per heavy atom. The number of hydrogen-bond donors (Lipinski definition) is 1. The highest BCUT2D eigenvalue weighted by atomic mass is 32.2. The molecule has 4 nitrogen and oxygen atoms in total. The number of aromatic nitrogens is 2. The van der Waals surface area contributed by atoms with Gasteiger partial charge in [-0.1, -0.05) is 0 Å². The van der Waals surface area contributed by atoms with Crippen LogP contribution in [0.3, 0.4) is 0 Å². The van der Waals surface area contributed by atoms with Crippen LogP contribution in [0.15, 0.2) is 23.6 Å². The van der Waals surface area contributed by atoms with Crippen molar-refractivity contribution in [2.45, 2.75) is 16.8 Å². The first-order chi connectivity index (χ1) is 6.38.